The molecule has 1 aliphatic carbocycles. The van der Waals surface area contributed by atoms with Crippen LogP contribution < -0.4 is 5.32 Å². The predicted octanol–water partition coefficient (Wildman–Crippen LogP) is 5.31. The van der Waals surface area contributed by atoms with Gasteiger partial charge in [-0.05, 0) is 47.6 Å². The van der Waals surface area contributed by atoms with Gasteiger partial charge in [0.05, 0.1) is 0 Å². The molecule has 0 aromatic heterocycles. The van der Waals surface area contributed by atoms with Crippen LogP contribution in [0.1, 0.15) is 49.5 Å². The summed E-state index contributed by atoms with van der Waals surface area (Å²) in [6.45, 7) is 6.92. The second kappa shape index (κ2) is 5.47. The summed E-state index contributed by atoms with van der Waals surface area (Å²) in [4.78, 5) is 0. The molecule has 0 fully saturated rings. The number of hydrogen-bond donors (Lipinski definition) is 1. The van der Waals surface area contributed by atoms with Gasteiger partial charge in [0.2, 0.25) is 0 Å². The van der Waals surface area contributed by atoms with E-state index in [9.17, 15) is 0 Å². The van der Waals surface area contributed by atoms with Gasteiger partial charge >= 0.3 is 0 Å². The Hall–Kier alpha value is -1.31. The Morgan fingerprint density at radius 2 is 1.76 bits per heavy atom. The van der Waals surface area contributed by atoms with Crippen LogP contribution >= 0.6 is 11.6 Å². The highest BCUT2D eigenvalue weighted by Crippen LogP contribution is 2.46. The highest BCUT2D eigenvalue weighted by atomic mass is 35.5. The van der Waals surface area contributed by atoms with Gasteiger partial charge in [-0.2, -0.15) is 0 Å². The predicted molar refractivity (Wildman–Crippen MR) is 89.7 cm³/mol. The summed E-state index contributed by atoms with van der Waals surface area (Å²) in [7, 11) is 0. The maximum absolute atomic E-state index is 5.98. The Morgan fingerprint density at radius 1 is 1.10 bits per heavy atom. The molecule has 1 nitrogen and oxygen atoms in total. The molecule has 0 radical (unpaired) electrons. The third-order valence-corrected chi connectivity index (χ3v) is 4.83. The van der Waals surface area contributed by atoms with Crippen LogP contribution in [0.5, 0.6) is 0 Å². The molecule has 0 spiro atoms. The molecule has 2 aromatic carbocycles. The summed E-state index contributed by atoms with van der Waals surface area (Å²) >= 11 is 5.98. The minimum atomic E-state index is 0.240. The van der Waals surface area contributed by atoms with Crippen LogP contribution in [-0.4, -0.2) is 0 Å². The number of fused-ring (bicyclic) bond motifs is 1. The molecule has 0 saturated carbocycles. The zero-order valence-corrected chi connectivity index (χ0v) is 13.6. The molecule has 3 rings (SSSR count). The average Bonchev–Trinajstić information content (AvgIpc) is 2.70. The zero-order valence-electron chi connectivity index (χ0n) is 12.9. The molecule has 21 heavy (non-hydrogen) atoms. The van der Waals surface area contributed by atoms with Gasteiger partial charge in [-0.3, -0.25) is 0 Å². The number of nitrogens with one attached hydrogen (secondary N) is 1. The molecule has 2 aromatic rings. The van der Waals surface area contributed by atoms with Crippen LogP contribution in [0.4, 0.5) is 0 Å². The Balaban J connectivity index is 1.85. The maximum Gasteiger partial charge on any atom is 0.0406 e. The van der Waals surface area contributed by atoms with E-state index in [0.29, 0.717) is 12.1 Å². The zero-order chi connectivity index (χ0) is 15.0. The second-order valence-electron chi connectivity index (χ2n) is 6.74. The largest absolute Gasteiger partial charge is 0.303 e. The molecule has 0 bridgehead atoms. The van der Waals surface area contributed by atoms with Gasteiger partial charge in [-0.25, -0.2) is 0 Å². The molecule has 2 unspecified atom stereocenters. The van der Waals surface area contributed by atoms with Crippen LogP contribution in [0.25, 0.3) is 0 Å². The monoisotopic (exact) mass is 299 g/mol. The quantitative estimate of drug-likeness (QED) is 0.809. The van der Waals surface area contributed by atoms with Crippen molar-refractivity contribution < 1.29 is 0 Å². The maximum atomic E-state index is 5.98. The molecule has 0 aliphatic heterocycles. The lowest BCUT2D eigenvalue weighted by Crippen LogP contribution is -2.33. The minimum absolute atomic E-state index is 0.240. The summed E-state index contributed by atoms with van der Waals surface area (Å²) < 4.78 is 0. The lowest BCUT2D eigenvalue weighted by atomic mass is 9.84. The van der Waals surface area contributed by atoms with E-state index in [1.807, 2.05) is 12.1 Å². The van der Waals surface area contributed by atoms with Crippen molar-refractivity contribution in [3.05, 3.63) is 70.2 Å². The Morgan fingerprint density at radius 3 is 2.48 bits per heavy atom. The summed E-state index contributed by atoms with van der Waals surface area (Å²) in [6, 6.07) is 17.6. The lowest BCUT2D eigenvalue weighted by molar-refractivity contribution is 0.252. The number of rotatable bonds is 3. The SMILES string of the molecule is CC(NC1c2ccccc2CC1(C)C)c1ccc(Cl)cc1. The van der Waals surface area contributed by atoms with E-state index in [1.54, 1.807) is 0 Å². The summed E-state index contributed by atoms with van der Waals surface area (Å²) in [5, 5.41) is 4.61. The van der Waals surface area contributed by atoms with Gasteiger partial charge in [-0.15, -0.1) is 0 Å². The van der Waals surface area contributed by atoms with E-state index in [0.717, 1.165) is 11.4 Å². The molecule has 1 aliphatic rings. The minimum Gasteiger partial charge on any atom is -0.303 e. The number of benzene rings is 2. The van der Waals surface area contributed by atoms with Crippen molar-refractivity contribution >= 4 is 11.6 Å². The van der Waals surface area contributed by atoms with Crippen LogP contribution in [0, 0.1) is 5.41 Å². The smallest absolute Gasteiger partial charge is 0.0406 e. The second-order valence-corrected chi connectivity index (χ2v) is 7.17. The van der Waals surface area contributed by atoms with Crippen molar-refractivity contribution in [1.82, 2.24) is 5.32 Å². The molecule has 2 heteroatoms. The van der Waals surface area contributed by atoms with Gasteiger partial charge in [0.25, 0.3) is 0 Å². The van der Waals surface area contributed by atoms with Gasteiger partial charge in [0.15, 0.2) is 0 Å². The van der Waals surface area contributed by atoms with Crippen LogP contribution in [-0.2, 0) is 6.42 Å². The van der Waals surface area contributed by atoms with Crippen molar-refractivity contribution in [2.45, 2.75) is 39.3 Å². The van der Waals surface area contributed by atoms with Crippen molar-refractivity contribution in [2.75, 3.05) is 0 Å². The van der Waals surface area contributed by atoms with Gasteiger partial charge in [-0.1, -0.05) is 61.8 Å². The van der Waals surface area contributed by atoms with E-state index in [-0.39, 0.29) is 5.41 Å². The van der Waals surface area contributed by atoms with Crippen LogP contribution in [0.3, 0.4) is 0 Å². The van der Waals surface area contributed by atoms with Crippen molar-refractivity contribution in [3.63, 3.8) is 0 Å². The Labute approximate surface area is 132 Å². The topological polar surface area (TPSA) is 12.0 Å². The van der Waals surface area contributed by atoms with E-state index in [4.69, 9.17) is 11.6 Å². The molecule has 1 N–H and O–H groups in total. The third kappa shape index (κ3) is 2.86. The number of hydrogen-bond acceptors (Lipinski definition) is 1. The van der Waals surface area contributed by atoms with Gasteiger partial charge < -0.3 is 5.32 Å². The summed E-state index contributed by atoms with van der Waals surface area (Å²) in [5.74, 6) is 0. The van der Waals surface area contributed by atoms with E-state index in [1.165, 1.54) is 16.7 Å². The van der Waals surface area contributed by atoms with E-state index in [2.05, 4.69) is 62.5 Å². The van der Waals surface area contributed by atoms with Gasteiger partial charge in [0, 0.05) is 17.1 Å². The van der Waals surface area contributed by atoms with Crippen LogP contribution in [0.2, 0.25) is 5.02 Å². The first-order valence-electron chi connectivity index (χ1n) is 7.57. The molecule has 0 saturated heterocycles. The number of halogens is 1. The molecule has 0 amide bonds. The van der Waals surface area contributed by atoms with E-state index >= 15 is 0 Å². The fourth-order valence-electron chi connectivity index (χ4n) is 3.40. The van der Waals surface area contributed by atoms with Gasteiger partial charge in [0.1, 0.15) is 0 Å². The highest BCUT2D eigenvalue weighted by Gasteiger charge is 2.39. The first-order valence-corrected chi connectivity index (χ1v) is 7.94. The first kappa shape index (κ1) is 14.6. The van der Waals surface area contributed by atoms with Crippen molar-refractivity contribution in [2.24, 2.45) is 5.41 Å². The van der Waals surface area contributed by atoms with Crippen molar-refractivity contribution in [3.8, 4) is 0 Å². The normalized spacial score (nSPS) is 21.0. The van der Waals surface area contributed by atoms with Crippen molar-refractivity contribution in [1.29, 1.82) is 0 Å². The van der Waals surface area contributed by atoms with Crippen LogP contribution in [0.15, 0.2) is 48.5 Å². The highest BCUT2D eigenvalue weighted by molar-refractivity contribution is 6.30. The fraction of sp³-hybridized carbons (Fsp3) is 0.368. The molecule has 2 atom stereocenters. The molecular weight excluding hydrogens is 278 g/mol. The molecule has 0 heterocycles. The lowest BCUT2D eigenvalue weighted by Gasteiger charge is -2.31. The Kier molecular flexibility index (Phi) is 3.81. The summed E-state index contributed by atoms with van der Waals surface area (Å²) in [6.07, 6.45) is 1.13. The van der Waals surface area contributed by atoms with E-state index < -0.39 is 0 Å². The molecule has 110 valence electrons. The average molecular weight is 300 g/mol. The fourth-order valence-corrected chi connectivity index (χ4v) is 3.53. The Bertz CT molecular complexity index is 630. The molecular formula is C19H22ClN. The third-order valence-electron chi connectivity index (χ3n) is 4.58. The standard InChI is InChI=1S/C19H22ClN/c1-13(14-8-10-16(20)11-9-14)21-18-17-7-5-4-6-15(17)12-19(18,2)3/h4-11,13,18,21H,12H2,1-3H3. The first-order chi connectivity index (χ1) is 9.97. The summed E-state index contributed by atoms with van der Waals surface area (Å²) in [5.41, 5.74) is 4.44.